The first-order valence-corrected chi connectivity index (χ1v) is 6.13. The van der Waals surface area contributed by atoms with Crippen LogP contribution in [0, 0.1) is 0 Å². The van der Waals surface area contributed by atoms with Gasteiger partial charge in [0.15, 0.2) is 0 Å². The molecular weight excluding hydrogens is 278 g/mol. The van der Waals surface area contributed by atoms with Gasteiger partial charge in [-0.15, -0.1) is 0 Å². The Hall–Kier alpha value is -1.55. The van der Waals surface area contributed by atoms with Crippen LogP contribution in [0.5, 0.6) is 0 Å². The van der Waals surface area contributed by atoms with Crippen molar-refractivity contribution in [2.24, 2.45) is 0 Å². The van der Waals surface area contributed by atoms with E-state index < -0.39 is 0 Å². The van der Waals surface area contributed by atoms with Gasteiger partial charge in [-0.3, -0.25) is 0 Å². The smallest absolute Gasteiger partial charge is 0.130 e. The van der Waals surface area contributed by atoms with Gasteiger partial charge in [-0.25, -0.2) is 4.98 Å². The third-order valence-corrected chi connectivity index (χ3v) is 3.29. The first kappa shape index (κ1) is 11.9. The highest BCUT2D eigenvalue weighted by atomic mass is 79.9. The lowest BCUT2D eigenvalue weighted by molar-refractivity contribution is 0.895. The molecule has 88 valence electrons. The molecule has 0 bridgehead atoms. The normalized spacial score (nSPS) is 10.2. The molecule has 0 spiro atoms. The molecule has 0 aliphatic carbocycles. The molecule has 0 aliphatic rings. The second-order valence-corrected chi connectivity index (χ2v) is 4.72. The molecule has 0 saturated heterocycles. The average Bonchev–Trinajstić information content (AvgIpc) is 2.32. The number of nitrogens with zero attached hydrogens (tertiary/aromatic N) is 2. The maximum absolute atomic E-state index is 5.67. The summed E-state index contributed by atoms with van der Waals surface area (Å²) in [4.78, 5) is 6.35. The van der Waals surface area contributed by atoms with E-state index in [-0.39, 0.29) is 0 Å². The van der Waals surface area contributed by atoms with E-state index >= 15 is 0 Å². The summed E-state index contributed by atoms with van der Waals surface area (Å²) in [6, 6.07) is 13.8. The minimum absolute atomic E-state index is 0.543. The number of aromatic nitrogens is 1. The zero-order valence-corrected chi connectivity index (χ0v) is 11.2. The van der Waals surface area contributed by atoms with E-state index in [1.807, 2.05) is 37.4 Å². The van der Waals surface area contributed by atoms with E-state index in [0.29, 0.717) is 5.82 Å². The molecular formula is C13H14BrN3. The van der Waals surface area contributed by atoms with Gasteiger partial charge in [-0.05, 0) is 23.8 Å². The molecule has 0 fully saturated rings. The molecule has 1 heterocycles. The lowest BCUT2D eigenvalue weighted by Crippen LogP contribution is -2.18. The Labute approximate surface area is 109 Å². The third-order valence-electron chi connectivity index (χ3n) is 2.51. The molecule has 1 aromatic heterocycles. The average molecular weight is 292 g/mol. The molecule has 0 atom stereocenters. The molecule has 0 unspecified atom stereocenters. The predicted octanol–water partition coefficient (Wildman–Crippen LogP) is 3.06. The number of anilines is 2. The third kappa shape index (κ3) is 2.97. The van der Waals surface area contributed by atoms with Crippen LogP contribution in [-0.4, -0.2) is 12.0 Å². The Morgan fingerprint density at radius 2 is 1.94 bits per heavy atom. The molecule has 0 amide bonds. The van der Waals surface area contributed by atoms with Gasteiger partial charge in [0.2, 0.25) is 0 Å². The molecule has 3 nitrogen and oxygen atoms in total. The van der Waals surface area contributed by atoms with Gasteiger partial charge in [0.05, 0.1) is 0 Å². The highest BCUT2D eigenvalue weighted by Gasteiger charge is 2.05. The van der Waals surface area contributed by atoms with Crippen LogP contribution >= 0.6 is 15.9 Å². The SMILES string of the molecule is CN(Cc1ccccc1Br)c1cccc(N)n1. The fourth-order valence-corrected chi connectivity index (χ4v) is 2.03. The van der Waals surface area contributed by atoms with Gasteiger partial charge in [0.1, 0.15) is 11.6 Å². The monoisotopic (exact) mass is 291 g/mol. The zero-order valence-electron chi connectivity index (χ0n) is 9.60. The van der Waals surface area contributed by atoms with Crippen LogP contribution in [0.15, 0.2) is 46.9 Å². The molecule has 0 aliphatic heterocycles. The Balaban J connectivity index is 2.17. The second kappa shape index (κ2) is 5.19. The minimum Gasteiger partial charge on any atom is -0.384 e. The first-order valence-electron chi connectivity index (χ1n) is 5.34. The minimum atomic E-state index is 0.543. The van der Waals surface area contributed by atoms with Crippen molar-refractivity contribution in [1.29, 1.82) is 0 Å². The Morgan fingerprint density at radius 1 is 1.18 bits per heavy atom. The van der Waals surface area contributed by atoms with Crippen LogP contribution < -0.4 is 10.6 Å². The number of hydrogen-bond acceptors (Lipinski definition) is 3. The molecule has 2 aromatic rings. The summed E-state index contributed by atoms with van der Waals surface area (Å²) in [5, 5.41) is 0. The predicted molar refractivity (Wildman–Crippen MR) is 74.9 cm³/mol. The van der Waals surface area contributed by atoms with E-state index in [1.54, 1.807) is 6.07 Å². The topological polar surface area (TPSA) is 42.1 Å². The number of nitrogen functional groups attached to an aromatic ring is 1. The Kier molecular flexibility index (Phi) is 3.64. The van der Waals surface area contributed by atoms with Crippen LogP contribution in [0.2, 0.25) is 0 Å². The van der Waals surface area contributed by atoms with Gasteiger partial charge >= 0.3 is 0 Å². The molecule has 0 saturated carbocycles. The van der Waals surface area contributed by atoms with Crippen molar-refractivity contribution in [3.63, 3.8) is 0 Å². The van der Waals surface area contributed by atoms with Crippen molar-refractivity contribution >= 4 is 27.6 Å². The Bertz CT molecular complexity index is 514. The van der Waals surface area contributed by atoms with Crippen molar-refractivity contribution in [2.75, 3.05) is 17.7 Å². The number of hydrogen-bond donors (Lipinski definition) is 1. The van der Waals surface area contributed by atoms with Crippen molar-refractivity contribution in [1.82, 2.24) is 4.98 Å². The summed E-state index contributed by atoms with van der Waals surface area (Å²) in [5.74, 6) is 1.42. The van der Waals surface area contributed by atoms with Crippen LogP contribution in [0.1, 0.15) is 5.56 Å². The quantitative estimate of drug-likeness (QED) is 0.945. The van der Waals surface area contributed by atoms with E-state index in [0.717, 1.165) is 16.8 Å². The summed E-state index contributed by atoms with van der Waals surface area (Å²) < 4.78 is 1.11. The fourth-order valence-electron chi connectivity index (χ4n) is 1.62. The first-order chi connectivity index (χ1) is 8.16. The van der Waals surface area contributed by atoms with E-state index in [9.17, 15) is 0 Å². The van der Waals surface area contributed by atoms with Gasteiger partial charge < -0.3 is 10.6 Å². The summed E-state index contributed by atoms with van der Waals surface area (Å²) in [6.07, 6.45) is 0. The van der Waals surface area contributed by atoms with Gasteiger partial charge in [0.25, 0.3) is 0 Å². The molecule has 2 rings (SSSR count). The molecule has 1 aromatic carbocycles. The van der Waals surface area contributed by atoms with Crippen LogP contribution in [-0.2, 0) is 6.54 Å². The van der Waals surface area contributed by atoms with Crippen molar-refractivity contribution in [3.8, 4) is 0 Å². The number of rotatable bonds is 3. The van der Waals surface area contributed by atoms with Crippen molar-refractivity contribution < 1.29 is 0 Å². The second-order valence-electron chi connectivity index (χ2n) is 3.87. The van der Waals surface area contributed by atoms with Gasteiger partial charge in [-0.2, -0.15) is 0 Å². The van der Waals surface area contributed by atoms with Crippen LogP contribution in [0.25, 0.3) is 0 Å². The van der Waals surface area contributed by atoms with Crippen LogP contribution in [0.4, 0.5) is 11.6 Å². The van der Waals surface area contributed by atoms with Gasteiger partial charge in [-0.1, -0.05) is 40.2 Å². The standard InChI is InChI=1S/C13H14BrN3/c1-17(13-8-4-7-12(15)16-13)9-10-5-2-3-6-11(10)14/h2-8H,9H2,1H3,(H2,15,16). The van der Waals surface area contributed by atoms with E-state index in [4.69, 9.17) is 5.73 Å². The van der Waals surface area contributed by atoms with Crippen molar-refractivity contribution in [2.45, 2.75) is 6.54 Å². The molecule has 2 N–H and O–H groups in total. The van der Waals surface area contributed by atoms with E-state index in [1.165, 1.54) is 5.56 Å². The molecule has 0 radical (unpaired) electrons. The highest BCUT2D eigenvalue weighted by molar-refractivity contribution is 9.10. The van der Waals surface area contributed by atoms with Gasteiger partial charge in [0, 0.05) is 18.1 Å². The summed E-state index contributed by atoms with van der Waals surface area (Å²) in [7, 11) is 2.00. The highest BCUT2D eigenvalue weighted by Crippen LogP contribution is 2.20. The van der Waals surface area contributed by atoms with Crippen LogP contribution in [0.3, 0.4) is 0 Å². The van der Waals surface area contributed by atoms with Crippen molar-refractivity contribution in [3.05, 3.63) is 52.5 Å². The summed E-state index contributed by atoms with van der Waals surface area (Å²) in [5.41, 5.74) is 6.89. The molecule has 17 heavy (non-hydrogen) atoms. The largest absolute Gasteiger partial charge is 0.384 e. The van der Waals surface area contributed by atoms with E-state index in [2.05, 4.69) is 31.9 Å². The maximum Gasteiger partial charge on any atom is 0.130 e. The lowest BCUT2D eigenvalue weighted by Gasteiger charge is -2.19. The summed E-state index contributed by atoms with van der Waals surface area (Å²) >= 11 is 3.54. The number of benzene rings is 1. The maximum atomic E-state index is 5.67. The fraction of sp³-hybridized carbons (Fsp3) is 0.154. The number of halogens is 1. The lowest BCUT2D eigenvalue weighted by atomic mass is 10.2. The zero-order chi connectivity index (χ0) is 12.3. The summed E-state index contributed by atoms with van der Waals surface area (Å²) in [6.45, 7) is 0.790. The number of pyridine rings is 1. The molecule has 4 heteroatoms. The Morgan fingerprint density at radius 3 is 2.65 bits per heavy atom. The number of nitrogens with two attached hydrogens (primary N) is 1.